The lowest BCUT2D eigenvalue weighted by molar-refractivity contribution is 0.310. The first-order valence-electron chi connectivity index (χ1n) is 6.91. The normalized spacial score (nSPS) is 11.4. The molecule has 3 aromatic rings. The zero-order chi connectivity index (χ0) is 14.8. The maximum absolute atomic E-state index is 12.2. The van der Waals surface area contributed by atoms with Gasteiger partial charge in [0.15, 0.2) is 0 Å². The molecule has 0 atom stereocenters. The summed E-state index contributed by atoms with van der Waals surface area (Å²) in [6, 6.07) is 8.05. The van der Waals surface area contributed by atoms with Crippen LogP contribution in [0.4, 0.5) is 0 Å². The lowest BCUT2D eigenvalue weighted by atomic mass is 10.1. The highest BCUT2D eigenvalue weighted by Crippen LogP contribution is 2.14. The Bertz CT molecular complexity index is 805. The topological polar surface area (TPSA) is 64.8 Å². The molecule has 0 saturated carbocycles. The smallest absolute Gasteiger partial charge is 0.252 e. The summed E-state index contributed by atoms with van der Waals surface area (Å²) in [6.07, 6.45) is 3.53. The minimum Gasteiger partial charge on any atom is -0.348 e. The highest BCUT2D eigenvalue weighted by molar-refractivity contribution is 5.79. The molecule has 2 aromatic heterocycles. The number of fused-ring (bicyclic) bond motifs is 1. The molecule has 108 valence electrons. The first kappa shape index (κ1) is 13.6. The highest BCUT2D eigenvalue weighted by atomic mass is 16.1. The average Bonchev–Trinajstić information content (AvgIpc) is 2.92. The number of H-pyrrole nitrogens is 2. The third kappa shape index (κ3) is 3.03. The van der Waals surface area contributed by atoms with E-state index in [4.69, 9.17) is 0 Å². The van der Waals surface area contributed by atoms with E-state index in [-0.39, 0.29) is 5.56 Å². The Balaban J connectivity index is 1.85. The molecule has 0 amide bonds. The molecule has 1 aromatic carbocycles. The maximum atomic E-state index is 12.2. The van der Waals surface area contributed by atoms with E-state index in [1.807, 2.05) is 32.2 Å². The van der Waals surface area contributed by atoms with Crippen LogP contribution in [0, 0.1) is 6.92 Å². The molecule has 0 bridgehead atoms. The molecule has 0 radical (unpaired) electrons. The van der Waals surface area contributed by atoms with Gasteiger partial charge in [-0.15, -0.1) is 0 Å². The summed E-state index contributed by atoms with van der Waals surface area (Å²) in [4.78, 5) is 24.5. The van der Waals surface area contributed by atoms with Gasteiger partial charge in [0.05, 0.1) is 6.54 Å². The van der Waals surface area contributed by atoms with E-state index in [1.54, 1.807) is 12.4 Å². The van der Waals surface area contributed by atoms with Crippen LogP contribution in [0.25, 0.3) is 10.9 Å². The fourth-order valence-corrected chi connectivity index (χ4v) is 2.46. The summed E-state index contributed by atoms with van der Waals surface area (Å²) < 4.78 is 0. The Morgan fingerprint density at radius 3 is 2.86 bits per heavy atom. The molecule has 0 saturated heterocycles. The number of pyridine rings is 1. The summed E-state index contributed by atoms with van der Waals surface area (Å²) in [6.45, 7) is 3.28. The van der Waals surface area contributed by atoms with Crippen molar-refractivity contribution in [3.05, 3.63) is 64.0 Å². The molecule has 21 heavy (non-hydrogen) atoms. The fraction of sp³-hybridized carbons (Fsp3) is 0.250. The van der Waals surface area contributed by atoms with Crippen molar-refractivity contribution in [2.24, 2.45) is 0 Å². The van der Waals surface area contributed by atoms with E-state index >= 15 is 0 Å². The van der Waals surface area contributed by atoms with Gasteiger partial charge >= 0.3 is 0 Å². The number of nitrogens with zero attached hydrogens (tertiary/aromatic N) is 2. The van der Waals surface area contributed by atoms with Gasteiger partial charge < -0.3 is 9.97 Å². The summed E-state index contributed by atoms with van der Waals surface area (Å²) in [5.41, 5.74) is 2.76. The molecule has 0 fully saturated rings. The monoisotopic (exact) mass is 282 g/mol. The Kier molecular flexibility index (Phi) is 3.58. The predicted octanol–water partition coefficient (Wildman–Crippen LogP) is 2.19. The van der Waals surface area contributed by atoms with Crippen LogP contribution in [0.3, 0.4) is 0 Å². The number of hydrogen-bond acceptors (Lipinski definition) is 3. The molecule has 0 aliphatic rings. The summed E-state index contributed by atoms with van der Waals surface area (Å²) in [7, 11) is 1.97. The van der Waals surface area contributed by atoms with Gasteiger partial charge in [-0.2, -0.15) is 0 Å². The number of nitrogens with one attached hydrogen (secondary N) is 2. The van der Waals surface area contributed by atoms with Gasteiger partial charge in [0.25, 0.3) is 5.56 Å². The van der Waals surface area contributed by atoms with Gasteiger partial charge in [-0.25, -0.2) is 4.98 Å². The van der Waals surface area contributed by atoms with E-state index in [1.165, 1.54) is 0 Å². The van der Waals surface area contributed by atoms with Crippen molar-refractivity contribution in [1.82, 2.24) is 19.9 Å². The van der Waals surface area contributed by atoms with E-state index in [9.17, 15) is 4.79 Å². The summed E-state index contributed by atoms with van der Waals surface area (Å²) in [5, 5.41) is 1.06. The van der Waals surface area contributed by atoms with Gasteiger partial charge in [-0.1, -0.05) is 12.1 Å². The Labute approximate surface area is 122 Å². The van der Waals surface area contributed by atoms with E-state index in [2.05, 4.69) is 25.9 Å². The zero-order valence-corrected chi connectivity index (χ0v) is 12.2. The maximum Gasteiger partial charge on any atom is 0.252 e. The predicted molar refractivity (Wildman–Crippen MR) is 83.1 cm³/mol. The summed E-state index contributed by atoms with van der Waals surface area (Å²) in [5.74, 6) is 0.894. The second kappa shape index (κ2) is 5.54. The lowest BCUT2D eigenvalue weighted by Crippen LogP contribution is -2.23. The molecule has 3 rings (SSSR count). The van der Waals surface area contributed by atoms with Crippen LogP contribution >= 0.6 is 0 Å². The summed E-state index contributed by atoms with van der Waals surface area (Å²) >= 11 is 0. The molecule has 2 heterocycles. The average molecular weight is 282 g/mol. The van der Waals surface area contributed by atoms with Crippen molar-refractivity contribution in [2.75, 3.05) is 7.05 Å². The second-order valence-corrected chi connectivity index (χ2v) is 5.42. The molecule has 0 aliphatic carbocycles. The highest BCUT2D eigenvalue weighted by Gasteiger charge is 2.08. The van der Waals surface area contributed by atoms with Crippen molar-refractivity contribution >= 4 is 10.9 Å². The second-order valence-electron chi connectivity index (χ2n) is 5.42. The number of rotatable bonds is 4. The third-order valence-electron chi connectivity index (χ3n) is 3.49. The standard InChI is InChI=1S/C16H18N4O/c1-11-3-4-12-8-13(16(21)19-14(12)7-11)9-20(2)10-15-17-5-6-18-15/h3-8H,9-10H2,1-2H3,(H,17,18)(H,19,21). The van der Waals surface area contributed by atoms with Crippen molar-refractivity contribution < 1.29 is 0 Å². The first-order chi connectivity index (χ1) is 10.1. The van der Waals surface area contributed by atoms with Crippen LogP contribution in [0.2, 0.25) is 0 Å². The number of aromatic amines is 2. The van der Waals surface area contributed by atoms with Crippen LogP contribution in [0.15, 0.2) is 41.5 Å². The molecule has 5 nitrogen and oxygen atoms in total. The number of hydrogen-bond donors (Lipinski definition) is 2. The van der Waals surface area contributed by atoms with E-state index in [0.717, 1.165) is 27.9 Å². The minimum atomic E-state index is -0.0283. The number of imidazole rings is 1. The number of aromatic nitrogens is 3. The van der Waals surface area contributed by atoms with Crippen LogP contribution in [-0.2, 0) is 13.1 Å². The Morgan fingerprint density at radius 2 is 2.10 bits per heavy atom. The molecule has 0 unspecified atom stereocenters. The van der Waals surface area contributed by atoms with Crippen molar-refractivity contribution in [3.63, 3.8) is 0 Å². The van der Waals surface area contributed by atoms with Crippen LogP contribution in [0.5, 0.6) is 0 Å². The van der Waals surface area contributed by atoms with Gasteiger partial charge in [0.1, 0.15) is 5.82 Å². The molecule has 2 N–H and O–H groups in total. The lowest BCUT2D eigenvalue weighted by Gasteiger charge is -2.15. The van der Waals surface area contributed by atoms with Gasteiger partial charge in [0.2, 0.25) is 0 Å². The largest absolute Gasteiger partial charge is 0.348 e. The molecule has 5 heteroatoms. The minimum absolute atomic E-state index is 0.0283. The molecule has 0 aliphatic heterocycles. The van der Waals surface area contributed by atoms with Crippen molar-refractivity contribution in [1.29, 1.82) is 0 Å². The SMILES string of the molecule is Cc1ccc2cc(CN(C)Cc3ncc[nH]3)c(=O)[nH]c2c1. The molecule has 0 spiro atoms. The molecular weight excluding hydrogens is 264 g/mol. The van der Waals surface area contributed by atoms with Crippen LogP contribution in [0.1, 0.15) is 17.0 Å². The van der Waals surface area contributed by atoms with Gasteiger partial charge in [0, 0.05) is 30.0 Å². The Hall–Kier alpha value is -2.40. The quantitative estimate of drug-likeness (QED) is 0.771. The number of benzene rings is 1. The fourth-order valence-electron chi connectivity index (χ4n) is 2.46. The molecular formula is C16H18N4O. The Morgan fingerprint density at radius 1 is 1.24 bits per heavy atom. The third-order valence-corrected chi connectivity index (χ3v) is 3.49. The van der Waals surface area contributed by atoms with Crippen LogP contribution < -0.4 is 5.56 Å². The van der Waals surface area contributed by atoms with E-state index < -0.39 is 0 Å². The van der Waals surface area contributed by atoms with Crippen molar-refractivity contribution in [3.8, 4) is 0 Å². The van der Waals surface area contributed by atoms with Gasteiger partial charge in [-0.05, 0) is 37.1 Å². The van der Waals surface area contributed by atoms with Crippen molar-refractivity contribution in [2.45, 2.75) is 20.0 Å². The van der Waals surface area contributed by atoms with Gasteiger partial charge in [-0.3, -0.25) is 9.69 Å². The zero-order valence-electron chi connectivity index (χ0n) is 12.2. The number of aryl methyl sites for hydroxylation is 1. The van der Waals surface area contributed by atoms with Crippen LogP contribution in [-0.4, -0.2) is 26.9 Å². The van der Waals surface area contributed by atoms with E-state index in [0.29, 0.717) is 13.1 Å². The first-order valence-corrected chi connectivity index (χ1v) is 6.91.